The molecule has 0 atom stereocenters. The molecule has 1 aliphatic heterocycles. The van der Waals surface area contributed by atoms with E-state index >= 15 is 0 Å². The van der Waals surface area contributed by atoms with E-state index in [1.165, 1.54) is 11.3 Å². The van der Waals surface area contributed by atoms with Crippen molar-refractivity contribution in [2.75, 3.05) is 12.1 Å². The third-order valence-corrected chi connectivity index (χ3v) is 5.03. The van der Waals surface area contributed by atoms with E-state index in [2.05, 4.69) is 10.3 Å². The summed E-state index contributed by atoms with van der Waals surface area (Å²) >= 11 is 1.51. The fourth-order valence-corrected chi connectivity index (χ4v) is 3.48. The smallest absolute Gasteiger partial charge is 0.231 e. The predicted molar refractivity (Wildman–Crippen MR) is 84.4 cm³/mol. The number of amides is 1. The van der Waals surface area contributed by atoms with Crippen LogP contribution in [0.15, 0.2) is 18.2 Å². The fraction of sp³-hybridized carbons (Fsp3) is 0.375. The molecule has 0 saturated heterocycles. The highest BCUT2D eigenvalue weighted by molar-refractivity contribution is 7.16. The zero-order valence-corrected chi connectivity index (χ0v) is 13.0. The second-order valence-corrected chi connectivity index (χ2v) is 6.81. The molecule has 1 aliphatic carbocycles. The van der Waals surface area contributed by atoms with E-state index in [4.69, 9.17) is 9.47 Å². The molecule has 1 aromatic carbocycles. The number of aromatic nitrogens is 1. The lowest BCUT2D eigenvalue weighted by molar-refractivity contribution is -0.122. The Kier molecular flexibility index (Phi) is 3.26. The summed E-state index contributed by atoms with van der Waals surface area (Å²) in [5.74, 6) is 1.76. The molecule has 1 N–H and O–H groups in total. The van der Waals surface area contributed by atoms with Crippen molar-refractivity contribution in [3.05, 3.63) is 23.1 Å². The Hall–Kier alpha value is -2.08. The summed E-state index contributed by atoms with van der Waals surface area (Å²) in [5.41, 5.74) is 1.86. The Labute approximate surface area is 132 Å². The van der Waals surface area contributed by atoms with E-state index < -0.39 is 0 Å². The molecule has 0 bridgehead atoms. The van der Waals surface area contributed by atoms with Gasteiger partial charge in [-0.3, -0.25) is 4.79 Å². The van der Waals surface area contributed by atoms with Crippen molar-refractivity contribution < 1.29 is 14.3 Å². The number of nitrogens with zero attached hydrogens (tertiary/aromatic N) is 1. The van der Waals surface area contributed by atoms with Crippen LogP contribution >= 0.6 is 11.3 Å². The van der Waals surface area contributed by atoms with Gasteiger partial charge in [-0.2, -0.15) is 0 Å². The Bertz CT molecular complexity index is 737. The Balaban J connectivity index is 1.58. The molecule has 1 amide bonds. The molecule has 0 spiro atoms. The molecule has 5 nitrogen and oxygen atoms in total. The summed E-state index contributed by atoms with van der Waals surface area (Å²) in [7, 11) is 0. The number of fused-ring (bicyclic) bond motifs is 1. The summed E-state index contributed by atoms with van der Waals surface area (Å²) in [6.45, 7) is 2.27. The van der Waals surface area contributed by atoms with Crippen LogP contribution in [0, 0.1) is 12.8 Å². The number of carbonyl (C=O) groups is 1. The zero-order valence-electron chi connectivity index (χ0n) is 12.2. The highest BCUT2D eigenvalue weighted by Gasteiger charge is 2.26. The fourth-order valence-electron chi connectivity index (χ4n) is 2.64. The number of carbonyl (C=O) groups excluding carboxylic acids is 1. The van der Waals surface area contributed by atoms with Crippen LogP contribution in [0.3, 0.4) is 0 Å². The predicted octanol–water partition coefficient (Wildman–Crippen LogP) is 3.59. The number of aryl methyl sites for hydroxylation is 1. The first kappa shape index (κ1) is 13.6. The van der Waals surface area contributed by atoms with Gasteiger partial charge in [-0.15, -0.1) is 11.3 Å². The first-order valence-electron chi connectivity index (χ1n) is 7.39. The Morgan fingerprint density at radius 3 is 2.91 bits per heavy atom. The maximum atomic E-state index is 12.0. The van der Waals surface area contributed by atoms with E-state index in [1.54, 1.807) is 0 Å². The van der Waals surface area contributed by atoms with Crippen LogP contribution in [0.2, 0.25) is 0 Å². The topological polar surface area (TPSA) is 60.5 Å². The van der Waals surface area contributed by atoms with Crippen LogP contribution in [0.1, 0.15) is 24.1 Å². The number of hydrogen-bond donors (Lipinski definition) is 1. The molecule has 2 aromatic rings. The second kappa shape index (κ2) is 5.28. The lowest BCUT2D eigenvalue weighted by atomic mass is 9.85. The number of thiazole rings is 1. The molecular weight excluding hydrogens is 300 g/mol. The largest absolute Gasteiger partial charge is 0.454 e. The van der Waals surface area contributed by atoms with Gasteiger partial charge in [0.1, 0.15) is 0 Å². The summed E-state index contributed by atoms with van der Waals surface area (Å²) in [6, 6.07) is 5.79. The van der Waals surface area contributed by atoms with E-state index in [0.29, 0.717) is 5.13 Å². The Morgan fingerprint density at radius 1 is 1.32 bits per heavy atom. The van der Waals surface area contributed by atoms with Gasteiger partial charge in [-0.05, 0) is 38.0 Å². The van der Waals surface area contributed by atoms with Gasteiger partial charge in [-0.1, -0.05) is 6.42 Å². The van der Waals surface area contributed by atoms with E-state index in [0.717, 1.165) is 46.9 Å². The first-order valence-corrected chi connectivity index (χ1v) is 8.20. The molecule has 0 unspecified atom stereocenters. The summed E-state index contributed by atoms with van der Waals surface area (Å²) in [5, 5.41) is 3.61. The number of hydrogen-bond acceptors (Lipinski definition) is 5. The van der Waals surface area contributed by atoms with Crippen molar-refractivity contribution in [3.8, 4) is 22.8 Å². The molecule has 6 heteroatoms. The SMILES string of the molecule is Cc1sc(NC(=O)C2CCC2)nc1-c1ccc2c(c1)OCO2. The van der Waals surface area contributed by atoms with E-state index in [1.807, 2.05) is 25.1 Å². The summed E-state index contributed by atoms with van der Waals surface area (Å²) in [6.07, 6.45) is 3.13. The minimum absolute atomic E-state index is 0.0947. The van der Waals surface area contributed by atoms with Crippen LogP contribution in [-0.2, 0) is 4.79 Å². The average Bonchev–Trinajstić information content (AvgIpc) is 3.02. The first-order chi connectivity index (χ1) is 10.7. The molecule has 1 saturated carbocycles. The molecule has 114 valence electrons. The van der Waals surface area contributed by atoms with Crippen molar-refractivity contribution >= 4 is 22.4 Å². The number of benzene rings is 1. The van der Waals surface area contributed by atoms with Crippen LogP contribution in [-0.4, -0.2) is 17.7 Å². The third-order valence-electron chi connectivity index (χ3n) is 4.15. The minimum atomic E-state index is 0.0947. The van der Waals surface area contributed by atoms with Crippen LogP contribution in [0.4, 0.5) is 5.13 Å². The highest BCUT2D eigenvalue weighted by atomic mass is 32.1. The Morgan fingerprint density at radius 2 is 2.14 bits per heavy atom. The molecule has 1 aromatic heterocycles. The molecule has 1 fully saturated rings. The third kappa shape index (κ3) is 2.33. The van der Waals surface area contributed by atoms with Crippen LogP contribution in [0.25, 0.3) is 11.3 Å². The summed E-state index contributed by atoms with van der Waals surface area (Å²) < 4.78 is 10.7. The summed E-state index contributed by atoms with van der Waals surface area (Å²) in [4.78, 5) is 17.7. The number of rotatable bonds is 3. The van der Waals surface area contributed by atoms with E-state index in [-0.39, 0.29) is 18.6 Å². The molecule has 2 aliphatic rings. The maximum absolute atomic E-state index is 12.0. The number of nitrogens with one attached hydrogen (secondary N) is 1. The van der Waals surface area contributed by atoms with Gasteiger partial charge in [0.2, 0.25) is 12.7 Å². The second-order valence-electron chi connectivity index (χ2n) is 5.61. The van der Waals surface area contributed by atoms with Crippen LogP contribution in [0.5, 0.6) is 11.5 Å². The van der Waals surface area contributed by atoms with Gasteiger partial charge in [0.15, 0.2) is 16.6 Å². The molecule has 2 heterocycles. The minimum Gasteiger partial charge on any atom is -0.454 e. The van der Waals surface area contributed by atoms with Crippen molar-refractivity contribution in [2.24, 2.45) is 5.92 Å². The number of ether oxygens (including phenoxy) is 2. The van der Waals surface area contributed by atoms with Crippen molar-refractivity contribution in [2.45, 2.75) is 26.2 Å². The highest BCUT2D eigenvalue weighted by Crippen LogP contribution is 2.38. The molecule has 4 rings (SSSR count). The van der Waals surface area contributed by atoms with Crippen LogP contribution < -0.4 is 14.8 Å². The van der Waals surface area contributed by atoms with Gasteiger partial charge in [0.25, 0.3) is 0 Å². The maximum Gasteiger partial charge on any atom is 0.231 e. The van der Waals surface area contributed by atoms with E-state index in [9.17, 15) is 4.79 Å². The quantitative estimate of drug-likeness (QED) is 0.940. The van der Waals surface area contributed by atoms with Gasteiger partial charge in [0.05, 0.1) is 5.69 Å². The van der Waals surface area contributed by atoms with Crippen molar-refractivity contribution in [1.29, 1.82) is 0 Å². The van der Waals surface area contributed by atoms with Gasteiger partial charge < -0.3 is 14.8 Å². The zero-order chi connectivity index (χ0) is 15.1. The van der Waals surface area contributed by atoms with Crippen molar-refractivity contribution in [3.63, 3.8) is 0 Å². The standard InChI is InChI=1S/C16H16N2O3S/c1-9-14(11-5-6-12-13(7-11)21-8-20-12)17-16(22-9)18-15(19)10-3-2-4-10/h5-7,10H,2-4,8H2,1H3,(H,17,18,19). The molecular formula is C16H16N2O3S. The van der Waals surface area contributed by atoms with Crippen molar-refractivity contribution in [1.82, 2.24) is 4.98 Å². The lowest BCUT2D eigenvalue weighted by Gasteiger charge is -2.23. The molecule has 22 heavy (non-hydrogen) atoms. The number of anilines is 1. The van der Waals surface area contributed by atoms with Gasteiger partial charge in [-0.25, -0.2) is 4.98 Å². The normalized spacial score (nSPS) is 16.4. The molecule has 0 radical (unpaired) electrons. The monoisotopic (exact) mass is 316 g/mol. The average molecular weight is 316 g/mol. The van der Waals surface area contributed by atoms with Gasteiger partial charge >= 0.3 is 0 Å². The lowest BCUT2D eigenvalue weighted by Crippen LogP contribution is -2.27. The van der Waals surface area contributed by atoms with Gasteiger partial charge in [0, 0.05) is 16.4 Å².